The molecule has 1 amide bonds. The zero-order chi connectivity index (χ0) is 21.9. The highest BCUT2D eigenvalue weighted by Gasteiger charge is 2.18. The third-order valence-electron chi connectivity index (χ3n) is 4.68. The molecule has 30 heavy (non-hydrogen) atoms. The van der Waals surface area contributed by atoms with Gasteiger partial charge in [-0.05, 0) is 54.7 Å². The van der Waals surface area contributed by atoms with E-state index in [-0.39, 0.29) is 5.91 Å². The molecular weight excluding hydrogens is 378 g/mol. The lowest BCUT2D eigenvalue weighted by Crippen LogP contribution is -2.29. The molecule has 0 heterocycles. The highest BCUT2D eigenvalue weighted by atomic mass is 16.5. The standard InChI is InChI=1S/C25H29NO4/c1-5-17-29-21-14-11-20(12-15-21)13-16-24(27)30-19(4)25(28)26-23-10-8-7-9-22(23)18(3)6-2/h5,7-16,18-19H,1,6,17H2,2-4H3,(H,26,28)/b16-13+/t18-,19-/m1/s1. The van der Waals surface area contributed by atoms with Crippen LogP contribution in [0.3, 0.4) is 0 Å². The number of nitrogens with one attached hydrogen (secondary N) is 1. The van der Waals surface area contributed by atoms with Crippen molar-refractivity contribution in [3.8, 4) is 5.75 Å². The normalized spacial score (nSPS) is 12.8. The summed E-state index contributed by atoms with van der Waals surface area (Å²) in [6, 6.07) is 14.9. The molecule has 0 aliphatic heterocycles. The van der Waals surface area contributed by atoms with Crippen LogP contribution in [0.15, 0.2) is 67.3 Å². The molecule has 1 N–H and O–H groups in total. The third kappa shape index (κ3) is 6.92. The Hall–Kier alpha value is -3.34. The van der Waals surface area contributed by atoms with Crippen LogP contribution in [0.5, 0.6) is 5.75 Å². The Balaban J connectivity index is 1.91. The van der Waals surface area contributed by atoms with Crippen LogP contribution in [0.4, 0.5) is 5.69 Å². The van der Waals surface area contributed by atoms with Crippen molar-refractivity contribution in [3.63, 3.8) is 0 Å². The molecular formula is C25H29NO4. The van der Waals surface area contributed by atoms with Gasteiger partial charge in [0.2, 0.25) is 0 Å². The molecule has 5 heteroatoms. The molecule has 0 unspecified atom stereocenters. The quantitative estimate of drug-likeness (QED) is 0.328. The van der Waals surface area contributed by atoms with Gasteiger partial charge in [0, 0.05) is 11.8 Å². The molecule has 0 saturated heterocycles. The SMILES string of the molecule is C=CCOc1ccc(/C=C/C(=O)O[C@H](C)C(=O)Nc2ccccc2[C@H](C)CC)cc1. The van der Waals surface area contributed by atoms with Crippen molar-refractivity contribution in [2.75, 3.05) is 11.9 Å². The number of carbonyl (C=O) groups is 2. The molecule has 0 radical (unpaired) electrons. The van der Waals surface area contributed by atoms with E-state index in [0.29, 0.717) is 12.5 Å². The second-order valence-electron chi connectivity index (χ2n) is 6.97. The van der Waals surface area contributed by atoms with Gasteiger partial charge in [0.25, 0.3) is 5.91 Å². The Labute approximate surface area is 178 Å². The first kappa shape index (κ1) is 22.9. The molecule has 2 atom stereocenters. The summed E-state index contributed by atoms with van der Waals surface area (Å²) in [6.07, 6.45) is 4.65. The van der Waals surface area contributed by atoms with Crippen LogP contribution >= 0.6 is 0 Å². The summed E-state index contributed by atoms with van der Waals surface area (Å²) < 4.78 is 10.7. The Morgan fingerprint density at radius 3 is 2.47 bits per heavy atom. The van der Waals surface area contributed by atoms with Crippen molar-refractivity contribution in [2.45, 2.75) is 39.2 Å². The van der Waals surface area contributed by atoms with E-state index < -0.39 is 12.1 Å². The van der Waals surface area contributed by atoms with Crippen LogP contribution in [-0.4, -0.2) is 24.6 Å². The van der Waals surface area contributed by atoms with Crippen molar-refractivity contribution >= 4 is 23.6 Å². The number of hydrogen-bond acceptors (Lipinski definition) is 4. The van der Waals surface area contributed by atoms with E-state index in [2.05, 4.69) is 25.7 Å². The zero-order valence-electron chi connectivity index (χ0n) is 17.8. The molecule has 2 rings (SSSR count). The number of hydrogen-bond donors (Lipinski definition) is 1. The minimum Gasteiger partial charge on any atom is -0.490 e. The Bertz CT molecular complexity index is 886. The minimum atomic E-state index is -0.915. The van der Waals surface area contributed by atoms with Crippen molar-refractivity contribution in [1.29, 1.82) is 0 Å². The molecule has 0 bridgehead atoms. The van der Waals surface area contributed by atoms with Gasteiger partial charge in [-0.1, -0.05) is 56.8 Å². The maximum Gasteiger partial charge on any atom is 0.331 e. The van der Waals surface area contributed by atoms with Crippen LogP contribution in [0.2, 0.25) is 0 Å². The number of rotatable bonds is 10. The van der Waals surface area contributed by atoms with Gasteiger partial charge in [-0.15, -0.1) is 0 Å². The molecule has 0 fully saturated rings. The van der Waals surface area contributed by atoms with Gasteiger partial charge in [0.05, 0.1) is 0 Å². The predicted molar refractivity (Wildman–Crippen MR) is 120 cm³/mol. The summed E-state index contributed by atoms with van der Waals surface area (Å²) in [5.74, 6) is 0.0875. The highest BCUT2D eigenvalue weighted by Crippen LogP contribution is 2.26. The maximum absolute atomic E-state index is 12.5. The summed E-state index contributed by atoms with van der Waals surface area (Å²) in [4.78, 5) is 24.6. The predicted octanol–water partition coefficient (Wildman–Crippen LogP) is 5.35. The maximum atomic E-state index is 12.5. The summed E-state index contributed by atoms with van der Waals surface area (Å²) >= 11 is 0. The van der Waals surface area contributed by atoms with Crippen LogP contribution in [-0.2, 0) is 14.3 Å². The van der Waals surface area contributed by atoms with Crippen LogP contribution in [0.1, 0.15) is 44.2 Å². The summed E-state index contributed by atoms with van der Waals surface area (Å²) in [5, 5.41) is 2.87. The lowest BCUT2D eigenvalue weighted by atomic mass is 9.97. The average molecular weight is 408 g/mol. The van der Waals surface area contributed by atoms with Crippen LogP contribution < -0.4 is 10.1 Å². The second-order valence-corrected chi connectivity index (χ2v) is 6.97. The number of anilines is 1. The van der Waals surface area contributed by atoms with Gasteiger partial charge in [-0.25, -0.2) is 4.79 Å². The van der Waals surface area contributed by atoms with E-state index in [1.54, 1.807) is 31.2 Å². The molecule has 0 saturated carbocycles. The smallest absolute Gasteiger partial charge is 0.331 e. The molecule has 0 aromatic heterocycles. The Kier molecular flexibility index (Phi) is 8.88. The molecule has 0 spiro atoms. The van der Waals surface area contributed by atoms with E-state index in [4.69, 9.17) is 9.47 Å². The van der Waals surface area contributed by atoms with Gasteiger partial charge in [-0.2, -0.15) is 0 Å². The molecule has 5 nitrogen and oxygen atoms in total. The van der Waals surface area contributed by atoms with E-state index in [1.807, 2.05) is 36.4 Å². The Morgan fingerprint density at radius 2 is 1.80 bits per heavy atom. The number of amides is 1. The number of benzene rings is 2. The molecule has 2 aromatic rings. The molecule has 0 aliphatic carbocycles. The summed E-state index contributed by atoms with van der Waals surface area (Å²) in [7, 11) is 0. The van der Waals surface area contributed by atoms with Crippen LogP contribution in [0, 0.1) is 0 Å². The van der Waals surface area contributed by atoms with Crippen molar-refractivity contribution in [3.05, 3.63) is 78.4 Å². The molecule has 158 valence electrons. The molecule has 0 aliphatic rings. The monoisotopic (exact) mass is 407 g/mol. The summed E-state index contributed by atoms with van der Waals surface area (Å²) in [6.45, 7) is 9.80. The van der Waals surface area contributed by atoms with Gasteiger partial charge < -0.3 is 14.8 Å². The lowest BCUT2D eigenvalue weighted by molar-refractivity contribution is -0.148. The van der Waals surface area contributed by atoms with Crippen LogP contribution in [0.25, 0.3) is 6.08 Å². The second kappa shape index (κ2) is 11.6. The van der Waals surface area contributed by atoms with E-state index in [0.717, 1.165) is 29.0 Å². The van der Waals surface area contributed by atoms with Gasteiger partial charge in [0.1, 0.15) is 12.4 Å². The van der Waals surface area contributed by atoms with Crippen molar-refractivity contribution in [2.24, 2.45) is 0 Å². The first-order valence-electron chi connectivity index (χ1n) is 10.1. The fraction of sp³-hybridized carbons (Fsp3) is 0.280. The topological polar surface area (TPSA) is 64.6 Å². The average Bonchev–Trinajstić information content (AvgIpc) is 2.76. The highest BCUT2D eigenvalue weighted by molar-refractivity contribution is 5.97. The van der Waals surface area contributed by atoms with Gasteiger partial charge in [0.15, 0.2) is 6.10 Å². The van der Waals surface area contributed by atoms with Crippen molar-refractivity contribution in [1.82, 2.24) is 0 Å². The number of esters is 1. The van der Waals surface area contributed by atoms with Crippen molar-refractivity contribution < 1.29 is 19.1 Å². The Morgan fingerprint density at radius 1 is 1.10 bits per heavy atom. The fourth-order valence-electron chi connectivity index (χ4n) is 2.76. The largest absolute Gasteiger partial charge is 0.490 e. The number of carbonyl (C=O) groups excluding carboxylic acids is 2. The lowest BCUT2D eigenvalue weighted by Gasteiger charge is -2.17. The number of ether oxygens (including phenoxy) is 2. The van der Waals surface area contributed by atoms with E-state index in [9.17, 15) is 9.59 Å². The van der Waals surface area contributed by atoms with Gasteiger partial charge in [-0.3, -0.25) is 4.79 Å². The van der Waals surface area contributed by atoms with Gasteiger partial charge >= 0.3 is 5.97 Å². The molecule has 2 aromatic carbocycles. The van der Waals surface area contributed by atoms with E-state index >= 15 is 0 Å². The first-order chi connectivity index (χ1) is 14.4. The minimum absolute atomic E-state index is 0.316. The third-order valence-corrected chi connectivity index (χ3v) is 4.68. The summed E-state index contributed by atoms with van der Waals surface area (Å²) in [5.41, 5.74) is 2.62. The first-order valence-corrected chi connectivity index (χ1v) is 10.1. The zero-order valence-corrected chi connectivity index (χ0v) is 17.8. The fourth-order valence-corrected chi connectivity index (χ4v) is 2.76. The number of para-hydroxylation sites is 1. The van der Waals surface area contributed by atoms with E-state index in [1.165, 1.54) is 6.08 Å².